The van der Waals surface area contributed by atoms with Gasteiger partial charge in [-0.1, -0.05) is 158 Å². The van der Waals surface area contributed by atoms with Gasteiger partial charge in [-0.3, -0.25) is 4.18 Å². The molecule has 15 nitrogen and oxygen atoms in total. The van der Waals surface area contributed by atoms with Crippen LogP contribution in [-0.2, 0) is 44.1 Å². The molecular formula is C69H93N2NaO13S. The maximum Gasteiger partial charge on any atom is 1.00 e. The summed E-state index contributed by atoms with van der Waals surface area (Å²) in [6.45, 7) is 13.6. The summed E-state index contributed by atoms with van der Waals surface area (Å²) in [6, 6.07) is 38.0. The average Bonchev–Trinajstić information content (AvgIpc) is 1.13. The molecule has 17 heteroatoms. The number of fused-ring (bicyclic) bond motifs is 2. The van der Waals surface area contributed by atoms with Crippen LogP contribution in [0.25, 0.3) is 0 Å². The molecule has 2 aliphatic rings. The maximum absolute atomic E-state index is 12.3. The Hall–Kier alpha value is -5.37. The van der Waals surface area contributed by atoms with Crippen molar-refractivity contribution in [1.29, 1.82) is 10.5 Å². The molecule has 0 bridgehead atoms. The number of nitriles is 1. The topological polar surface area (TPSA) is 183 Å². The molecule has 86 heavy (non-hydrogen) atoms. The van der Waals surface area contributed by atoms with E-state index in [0.717, 1.165) is 91.4 Å². The molecule has 464 valence electrons. The zero-order chi connectivity index (χ0) is 61.2. The average molecular weight is 1210 g/mol. The first-order chi connectivity index (χ1) is 41.4. The monoisotopic (exact) mass is 1210 g/mol. The molecule has 0 aliphatic carbocycles. The number of hydrogen-bond donors (Lipinski definition) is 0. The van der Waals surface area contributed by atoms with E-state index in [1.165, 1.54) is 86.5 Å². The molecule has 4 unspecified atom stereocenters. The van der Waals surface area contributed by atoms with Gasteiger partial charge in [0.25, 0.3) is 10.1 Å². The largest absolute Gasteiger partial charge is 1.00 e. The molecule has 7 rings (SSSR count). The van der Waals surface area contributed by atoms with Crippen molar-refractivity contribution in [2.45, 2.75) is 170 Å². The molecule has 2 aliphatic heterocycles. The summed E-state index contributed by atoms with van der Waals surface area (Å²) in [5.41, 5.74) is 5.61. The first-order valence-corrected chi connectivity index (χ1v) is 31.6. The third kappa shape index (κ3) is 23.0. The van der Waals surface area contributed by atoms with Crippen LogP contribution in [0.2, 0.25) is 0 Å². The van der Waals surface area contributed by atoms with Gasteiger partial charge in [0.05, 0.1) is 30.8 Å². The second-order valence-electron chi connectivity index (χ2n) is 22.4. The minimum absolute atomic E-state index is 0. The van der Waals surface area contributed by atoms with Crippen molar-refractivity contribution < 1.29 is 89.5 Å². The standard InChI is InChI=1S/C37H50O8S.C31H43NO5.CN.Na/c1-29-14-21-33(22-15-29)46(38,39)45-24-12-10-8-6-5-7-9-11-13-35-34-23-20-32(44-28-41-4)25-36(34)42-26-37(35,2)30-16-18-31(19-17-30)43-27-40-3;1-31(25-14-16-26(17-15-25)36-23-33-2)22-35-30-21-27(37-24-34-3)18-19-28(30)29(31)13-11-9-7-5-4-6-8-10-12-20-32;1-2;/h14-23,25,35H,5-13,24,26-28H2,1-4H3;14-19,21,29H,4-13,22-24H2,1-3H3;;/q;;-1;+1. The van der Waals surface area contributed by atoms with E-state index >= 15 is 0 Å². The third-order valence-corrected chi connectivity index (χ3v) is 17.5. The Morgan fingerprint density at radius 2 is 0.849 bits per heavy atom. The fourth-order valence-corrected chi connectivity index (χ4v) is 12.3. The second kappa shape index (κ2) is 40.2. The molecule has 0 N–H and O–H groups in total. The predicted molar refractivity (Wildman–Crippen MR) is 330 cm³/mol. The second-order valence-corrected chi connectivity index (χ2v) is 24.0. The van der Waals surface area contributed by atoms with Crippen LogP contribution in [-0.4, -0.2) is 83.8 Å². The summed E-state index contributed by atoms with van der Waals surface area (Å²) in [6.07, 6.45) is 21.1. The van der Waals surface area contributed by atoms with E-state index in [9.17, 15) is 8.42 Å². The Labute approximate surface area is 536 Å². The summed E-state index contributed by atoms with van der Waals surface area (Å²) >= 11 is 0. The Balaban J connectivity index is 0.000000362. The van der Waals surface area contributed by atoms with Crippen LogP contribution in [0.3, 0.4) is 0 Å². The van der Waals surface area contributed by atoms with Crippen LogP contribution >= 0.6 is 0 Å². The molecule has 5 aromatic carbocycles. The van der Waals surface area contributed by atoms with Crippen molar-refractivity contribution in [3.8, 4) is 40.6 Å². The van der Waals surface area contributed by atoms with E-state index in [1.807, 2.05) is 55.5 Å². The van der Waals surface area contributed by atoms with E-state index in [4.69, 9.17) is 68.6 Å². The number of rotatable bonds is 37. The molecule has 0 radical (unpaired) electrons. The van der Waals surface area contributed by atoms with Gasteiger partial charge in [-0.15, -0.1) is 0 Å². The number of unbranched alkanes of at least 4 members (excludes halogenated alkanes) is 15. The van der Waals surface area contributed by atoms with Gasteiger partial charge in [-0.2, -0.15) is 13.7 Å². The first kappa shape index (κ1) is 73.1. The zero-order valence-electron chi connectivity index (χ0n) is 52.5. The number of nitrogens with zero attached hydrogens (tertiary/aromatic N) is 2. The molecule has 2 heterocycles. The fraction of sp³-hybridized carbons (Fsp3) is 0.536. The van der Waals surface area contributed by atoms with E-state index < -0.39 is 10.1 Å². The Bertz CT molecular complexity index is 2850. The molecule has 0 amide bonds. The van der Waals surface area contributed by atoms with Crippen molar-refractivity contribution in [3.63, 3.8) is 0 Å². The van der Waals surface area contributed by atoms with Crippen molar-refractivity contribution in [2.24, 2.45) is 0 Å². The fourth-order valence-electron chi connectivity index (χ4n) is 11.3. The normalized spacial score (nSPS) is 17.4. The van der Waals surface area contributed by atoms with E-state index in [-0.39, 0.29) is 85.0 Å². The van der Waals surface area contributed by atoms with Crippen molar-refractivity contribution in [3.05, 3.63) is 144 Å². The molecule has 5 aromatic rings. The summed E-state index contributed by atoms with van der Waals surface area (Å²) in [7, 11) is 2.79. The van der Waals surface area contributed by atoms with Crippen molar-refractivity contribution >= 4 is 10.1 Å². The quantitative estimate of drug-likeness (QED) is 0.0120. The predicted octanol–water partition coefficient (Wildman–Crippen LogP) is 12.9. The van der Waals surface area contributed by atoms with Crippen LogP contribution in [0.4, 0.5) is 0 Å². The number of hydrogen-bond acceptors (Lipinski definition) is 15. The third-order valence-electron chi connectivity index (χ3n) is 16.2. The molecule has 4 atom stereocenters. The number of aryl methyl sites for hydroxylation is 1. The van der Waals surface area contributed by atoms with Gasteiger partial charge in [-0.05, 0) is 103 Å². The van der Waals surface area contributed by atoms with Gasteiger partial charge in [0.15, 0.2) is 27.2 Å². The summed E-state index contributed by atoms with van der Waals surface area (Å²) in [5, 5.41) is 14.9. The van der Waals surface area contributed by atoms with Gasteiger partial charge in [-0.25, -0.2) is 0 Å². The van der Waals surface area contributed by atoms with Gasteiger partial charge < -0.3 is 59.2 Å². The SMILES string of the molecule is COCOc1ccc(C2(C)COc3cc(OCOC)ccc3C2CCCCCCCCCCC#N)cc1.COCOc1ccc(C2(C)COc3cc(OCOC)ccc3C2CCCCCCCCCCOS(=O)(=O)c2ccc(C)cc2)cc1.[C-]#N.[Na+]. The molecule has 0 saturated carbocycles. The molecule has 0 fully saturated rings. The van der Waals surface area contributed by atoms with E-state index in [0.29, 0.717) is 25.6 Å². The molecular weight excluding hydrogens is 1120 g/mol. The van der Waals surface area contributed by atoms with Gasteiger partial charge in [0.1, 0.15) is 34.5 Å². The Morgan fingerprint density at radius 1 is 0.500 bits per heavy atom. The zero-order valence-corrected chi connectivity index (χ0v) is 55.4. The molecule has 0 saturated heterocycles. The minimum atomic E-state index is -3.68. The van der Waals surface area contributed by atoms with Crippen LogP contribution in [0.5, 0.6) is 34.5 Å². The van der Waals surface area contributed by atoms with E-state index in [2.05, 4.69) is 56.3 Å². The number of benzene rings is 5. The van der Waals surface area contributed by atoms with Crippen LogP contribution < -0.4 is 58.0 Å². The summed E-state index contributed by atoms with van der Waals surface area (Å²) < 4.78 is 85.4. The smallest absolute Gasteiger partial charge is 0.512 e. The van der Waals surface area contributed by atoms with Gasteiger partial charge in [0.2, 0.25) is 0 Å². The van der Waals surface area contributed by atoms with Crippen LogP contribution in [0, 0.1) is 30.1 Å². The molecule has 0 aromatic heterocycles. The summed E-state index contributed by atoms with van der Waals surface area (Å²) in [5.74, 6) is 5.50. The summed E-state index contributed by atoms with van der Waals surface area (Å²) in [4.78, 5) is 0.217. The van der Waals surface area contributed by atoms with Crippen molar-refractivity contribution in [2.75, 3.05) is 75.4 Å². The van der Waals surface area contributed by atoms with Gasteiger partial charge in [0, 0.05) is 69.7 Å². The van der Waals surface area contributed by atoms with Gasteiger partial charge >= 0.3 is 29.6 Å². The Morgan fingerprint density at radius 3 is 1.23 bits per heavy atom. The molecule has 0 spiro atoms. The van der Waals surface area contributed by atoms with Crippen molar-refractivity contribution in [1.82, 2.24) is 0 Å². The number of methoxy groups -OCH3 is 4. The Kier molecular flexibility index (Phi) is 34.2. The van der Waals surface area contributed by atoms with E-state index in [1.54, 1.807) is 52.7 Å². The minimum Gasteiger partial charge on any atom is -0.512 e. The maximum atomic E-state index is 12.3. The number of ether oxygens (including phenoxy) is 10. The van der Waals surface area contributed by atoms with Crippen LogP contribution in [0.1, 0.15) is 175 Å². The first-order valence-electron chi connectivity index (χ1n) is 30.2. The van der Waals surface area contributed by atoms with Crippen LogP contribution in [0.15, 0.2) is 114 Å².